The minimum atomic E-state index is -2.89. The van der Waals surface area contributed by atoms with Gasteiger partial charge in [-0.3, -0.25) is 9.47 Å². The van der Waals surface area contributed by atoms with Crippen molar-refractivity contribution in [2.24, 2.45) is 0 Å². The molecule has 0 saturated carbocycles. The Labute approximate surface area is 176 Å². The van der Waals surface area contributed by atoms with Crippen LogP contribution in [0.15, 0.2) is 42.6 Å². The lowest BCUT2D eigenvalue weighted by Gasteiger charge is -2.28. The van der Waals surface area contributed by atoms with Gasteiger partial charge in [-0.1, -0.05) is 53.5 Å². The van der Waals surface area contributed by atoms with Crippen molar-refractivity contribution in [2.45, 2.75) is 39.5 Å². The molecule has 1 aromatic carbocycles. The third-order valence-corrected chi connectivity index (χ3v) is 4.45. The van der Waals surface area contributed by atoms with E-state index in [1.54, 1.807) is 20.8 Å². The van der Waals surface area contributed by atoms with E-state index in [2.05, 4.69) is 4.98 Å². The number of alkyl halides is 2. The molecular formula is C20H19Cl2F2N3O2. The van der Waals surface area contributed by atoms with Crippen LogP contribution in [0.2, 0.25) is 10.2 Å². The van der Waals surface area contributed by atoms with Crippen LogP contribution < -0.4 is 4.90 Å². The van der Waals surface area contributed by atoms with Crippen molar-refractivity contribution in [3.8, 4) is 0 Å². The first kappa shape index (κ1) is 21.3. The number of nitrogens with zero attached hydrogens (tertiary/aromatic N) is 3. The lowest BCUT2D eigenvalue weighted by atomic mass is 10.2. The number of carbonyl (C=O) groups excluding carboxylic acids is 1. The molecule has 3 rings (SSSR count). The van der Waals surface area contributed by atoms with Crippen LogP contribution in [0, 0.1) is 0 Å². The highest BCUT2D eigenvalue weighted by Crippen LogP contribution is 2.37. The summed E-state index contributed by atoms with van der Waals surface area (Å²) in [4.78, 5) is 18.3. The summed E-state index contributed by atoms with van der Waals surface area (Å²) in [6, 6.07) is 10.5. The highest BCUT2D eigenvalue weighted by molar-refractivity contribution is 6.36. The fraction of sp³-hybridized carbons (Fsp3) is 0.300. The van der Waals surface area contributed by atoms with Crippen LogP contribution in [-0.4, -0.2) is 21.2 Å². The maximum atomic E-state index is 13.7. The largest absolute Gasteiger partial charge is 0.443 e. The molecule has 0 aliphatic heterocycles. The molecule has 0 aliphatic rings. The topological polar surface area (TPSA) is 47.4 Å². The number of ether oxygens (including phenoxy) is 1. The number of carbonyl (C=O) groups is 1. The molecule has 29 heavy (non-hydrogen) atoms. The highest BCUT2D eigenvalue weighted by Gasteiger charge is 2.28. The van der Waals surface area contributed by atoms with E-state index in [4.69, 9.17) is 27.9 Å². The molecular weight excluding hydrogens is 423 g/mol. The summed E-state index contributed by atoms with van der Waals surface area (Å²) >= 11 is 12.2. The number of amides is 1. The molecule has 0 N–H and O–H groups in total. The smallest absolute Gasteiger partial charge is 0.415 e. The van der Waals surface area contributed by atoms with E-state index in [1.807, 2.05) is 30.3 Å². The Kier molecular flexibility index (Phi) is 6.00. The van der Waals surface area contributed by atoms with Crippen LogP contribution in [0.3, 0.4) is 0 Å². The van der Waals surface area contributed by atoms with Gasteiger partial charge in [-0.15, -0.1) is 0 Å². The summed E-state index contributed by atoms with van der Waals surface area (Å²) < 4.78 is 33.5. The second-order valence-electron chi connectivity index (χ2n) is 7.38. The first-order valence-electron chi connectivity index (χ1n) is 8.76. The number of fused-ring (bicyclic) bond motifs is 1. The molecule has 0 unspecified atom stereocenters. The van der Waals surface area contributed by atoms with Crippen LogP contribution in [0.1, 0.15) is 32.9 Å². The van der Waals surface area contributed by atoms with Crippen LogP contribution >= 0.6 is 23.2 Å². The second kappa shape index (κ2) is 8.16. The summed E-state index contributed by atoms with van der Waals surface area (Å²) in [5.74, 6) is 0. The zero-order valence-corrected chi connectivity index (χ0v) is 17.5. The van der Waals surface area contributed by atoms with Gasteiger partial charge in [-0.05, 0) is 26.3 Å². The van der Waals surface area contributed by atoms with Gasteiger partial charge in [0.25, 0.3) is 0 Å². The maximum Gasteiger partial charge on any atom is 0.415 e. The van der Waals surface area contributed by atoms with E-state index in [-0.39, 0.29) is 33.4 Å². The van der Waals surface area contributed by atoms with Gasteiger partial charge in [0, 0.05) is 12.3 Å². The van der Waals surface area contributed by atoms with Crippen molar-refractivity contribution in [3.63, 3.8) is 0 Å². The summed E-state index contributed by atoms with van der Waals surface area (Å²) in [6.07, 6.45) is 0.363. The zero-order valence-electron chi connectivity index (χ0n) is 16.0. The van der Waals surface area contributed by atoms with Gasteiger partial charge in [0.2, 0.25) is 0 Å². The van der Waals surface area contributed by atoms with E-state index < -0.39 is 18.2 Å². The molecule has 3 aromatic rings. The molecule has 0 spiro atoms. The SMILES string of the molecule is CC(C)(C)OC(=O)N(Cc1ccccc1)c1cc(Cl)nc2c(Cl)cn(C(F)F)c12. The predicted molar refractivity (Wildman–Crippen MR) is 110 cm³/mol. The summed E-state index contributed by atoms with van der Waals surface area (Å²) in [5, 5.41) is 0.0240. The molecule has 0 radical (unpaired) electrons. The first-order valence-corrected chi connectivity index (χ1v) is 9.51. The Morgan fingerprint density at radius 1 is 1.24 bits per heavy atom. The fourth-order valence-corrected chi connectivity index (χ4v) is 3.28. The minimum Gasteiger partial charge on any atom is -0.443 e. The standard InChI is InChI=1S/C20H19Cl2F2N3O2/c1-20(2,3)29-19(28)26(10-12-7-5-4-6-8-12)14-9-15(22)25-16-13(21)11-27(17(14)16)18(23)24/h4-9,11,18H,10H2,1-3H3. The van der Waals surface area contributed by atoms with Gasteiger partial charge >= 0.3 is 12.6 Å². The molecule has 9 heteroatoms. The number of aromatic nitrogens is 2. The maximum absolute atomic E-state index is 13.7. The van der Waals surface area contributed by atoms with Crippen LogP contribution in [0.5, 0.6) is 0 Å². The molecule has 2 aromatic heterocycles. The molecule has 0 atom stereocenters. The van der Waals surface area contributed by atoms with Crippen LogP contribution in [0.4, 0.5) is 19.3 Å². The third kappa shape index (κ3) is 4.79. The Balaban J connectivity index is 2.21. The number of pyridine rings is 1. The number of benzene rings is 1. The van der Waals surface area contributed by atoms with Crippen LogP contribution in [-0.2, 0) is 11.3 Å². The fourth-order valence-electron chi connectivity index (χ4n) is 2.85. The quantitative estimate of drug-likeness (QED) is 0.424. The highest BCUT2D eigenvalue weighted by atomic mass is 35.5. The number of rotatable bonds is 4. The minimum absolute atomic E-state index is 0.00353. The van der Waals surface area contributed by atoms with Crippen molar-refractivity contribution < 1.29 is 18.3 Å². The average Bonchev–Trinajstić information content (AvgIpc) is 2.95. The molecule has 154 valence electrons. The molecule has 2 heterocycles. The Hall–Kier alpha value is -2.38. The average molecular weight is 442 g/mol. The van der Waals surface area contributed by atoms with Crippen molar-refractivity contribution in [1.29, 1.82) is 0 Å². The van der Waals surface area contributed by atoms with E-state index in [9.17, 15) is 13.6 Å². The number of halogens is 4. The van der Waals surface area contributed by atoms with Crippen molar-refractivity contribution in [3.05, 3.63) is 58.3 Å². The zero-order chi connectivity index (χ0) is 21.3. The van der Waals surface area contributed by atoms with Gasteiger partial charge < -0.3 is 4.74 Å². The van der Waals surface area contributed by atoms with Crippen molar-refractivity contribution in [1.82, 2.24) is 9.55 Å². The van der Waals surface area contributed by atoms with Gasteiger partial charge in [0.05, 0.1) is 22.8 Å². The molecule has 0 saturated heterocycles. The Bertz CT molecular complexity index is 1030. The van der Waals surface area contributed by atoms with Gasteiger partial charge in [-0.25, -0.2) is 9.78 Å². The van der Waals surface area contributed by atoms with E-state index in [1.165, 1.54) is 11.0 Å². The van der Waals surface area contributed by atoms with Gasteiger partial charge in [-0.2, -0.15) is 8.78 Å². The number of anilines is 1. The molecule has 1 amide bonds. The monoisotopic (exact) mass is 441 g/mol. The number of hydrogen-bond acceptors (Lipinski definition) is 3. The Morgan fingerprint density at radius 3 is 2.48 bits per heavy atom. The lowest BCUT2D eigenvalue weighted by molar-refractivity contribution is 0.0575. The third-order valence-electron chi connectivity index (χ3n) is 3.98. The first-order chi connectivity index (χ1) is 13.6. The lowest BCUT2D eigenvalue weighted by Crippen LogP contribution is -2.36. The normalized spacial score (nSPS) is 11.9. The molecule has 0 bridgehead atoms. The summed E-state index contributed by atoms with van der Waals surface area (Å²) in [5.41, 5.74) is 0.197. The molecule has 0 aliphatic carbocycles. The predicted octanol–water partition coefficient (Wildman–Crippen LogP) is 6.68. The van der Waals surface area contributed by atoms with Crippen LogP contribution in [0.25, 0.3) is 11.0 Å². The van der Waals surface area contributed by atoms with Crippen molar-refractivity contribution >= 4 is 46.0 Å². The van der Waals surface area contributed by atoms with E-state index >= 15 is 0 Å². The summed E-state index contributed by atoms with van der Waals surface area (Å²) in [7, 11) is 0. The van der Waals surface area contributed by atoms with Gasteiger partial charge in [0.15, 0.2) is 0 Å². The molecule has 0 fully saturated rings. The van der Waals surface area contributed by atoms with E-state index in [0.29, 0.717) is 4.57 Å². The molecule has 5 nitrogen and oxygen atoms in total. The van der Waals surface area contributed by atoms with Crippen molar-refractivity contribution in [2.75, 3.05) is 4.90 Å². The summed E-state index contributed by atoms with van der Waals surface area (Å²) in [6.45, 7) is 2.36. The number of hydrogen-bond donors (Lipinski definition) is 0. The van der Waals surface area contributed by atoms with E-state index in [0.717, 1.165) is 11.8 Å². The Morgan fingerprint density at radius 2 is 1.90 bits per heavy atom. The van der Waals surface area contributed by atoms with Gasteiger partial charge in [0.1, 0.15) is 16.3 Å². The second-order valence-corrected chi connectivity index (χ2v) is 8.17.